The van der Waals surface area contributed by atoms with Crippen LogP contribution in [0.1, 0.15) is 27.0 Å². The molecule has 7 nitrogen and oxygen atoms in total. The van der Waals surface area contributed by atoms with Gasteiger partial charge in [-0.3, -0.25) is 9.69 Å². The number of piperazine rings is 1. The second kappa shape index (κ2) is 10.4. The minimum atomic E-state index is -0.666. The van der Waals surface area contributed by atoms with E-state index in [0.29, 0.717) is 50.6 Å². The zero-order valence-electron chi connectivity index (χ0n) is 16.5. The highest BCUT2D eigenvalue weighted by atomic mass is 32.1. The average molecular weight is 419 g/mol. The number of carbonyl (C=O) groups excluding carboxylic acids is 2. The van der Waals surface area contributed by atoms with E-state index in [4.69, 9.17) is 9.47 Å². The summed E-state index contributed by atoms with van der Waals surface area (Å²) in [5, 5.41) is 12.2. The molecular formula is C21H26N2O5S. The van der Waals surface area contributed by atoms with Crippen LogP contribution >= 0.6 is 11.3 Å². The summed E-state index contributed by atoms with van der Waals surface area (Å²) in [6, 6.07) is 10.5. The molecule has 0 radical (unpaired) electrons. The highest BCUT2D eigenvalue weighted by Gasteiger charge is 2.24. The molecule has 8 heteroatoms. The summed E-state index contributed by atoms with van der Waals surface area (Å²) in [4.78, 5) is 28.9. The number of carbonyl (C=O) groups is 2. The summed E-state index contributed by atoms with van der Waals surface area (Å²) in [6.45, 7) is 5.39. The van der Waals surface area contributed by atoms with Crippen molar-refractivity contribution in [2.75, 3.05) is 45.9 Å². The fraction of sp³-hybridized carbons (Fsp3) is 0.429. The molecule has 1 aliphatic heterocycles. The number of hydrogen-bond acceptors (Lipinski definition) is 7. The van der Waals surface area contributed by atoms with Gasteiger partial charge in [0.05, 0.1) is 17.0 Å². The molecule has 29 heavy (non-hydrogen) atoms. The normalized spacial score (nSPS) is 15.7. The maximum Gasteiger partial charge on any atom is 0.338 e. The van der Waals surface area contributed by atoms with E-state index in [1.807, 2.05) is 22.4 Å². The lowest BCUT2D eigenvalue weighted by molar-refractivity contribution is 0.0405. The molecule has 1 amide bonds. The molecule has 2 heterocycles. The molecule has 0 bridgehead atoms. The maximum atomic E-state index is 12.4. The standard InChI is InChI=1S/C21H26N2O5S/c1-2-27-21(26)16-5-3-6-18(13-16)28-15-17(24)14-22-8-10-23(11-9-22)20(25)19-7-4-12-29-19/h3-7,12-13,17,24H,2,8-11,14-15H2,1H3/t17-/m1/s1. The molecule has 156 valence electrons. The van der Waals surface area contributed by atoms with Gasteiger partial charge >= 0.3 is 5.97 Å². The van der Waals surface area contributed by atoms with Crippen LogP contribution in [-0.4, -0.2) is 78.8 Å². The van der Waals surface area contributed by atoms with Crippen LogP contribution in [0, 0.1) is 0 Å². The Kier molecular flexibility index (Phi) is 7.62. The summed E-state index contributed by atoms with van der Waals surface area (Å²) < 4.78 is 10.6. The van der Waals surface area contributed by atoms with E-state index >= 15 is 0 Å². The molecule has 1 aromatic heterocycles. The molecule has 0 saturated carbocycles. The first-order valence-corrected chi connectivity index (χ1v) is 10.6. The van der Waals surface area contributed by atoms with E-state index in [1.165, 1.54) is 11.3 Å². The zero-order valence-corrected chi connectivity index (χ0v) is 17.3. The predicted octanol–water partition coefficient (Wildman–Crippen LogP) is 2.12. The topological polar surface area (TPSA) is 79.3 Å². The maximum absolute atomic E-state index is 12.4. The molecule has 0 spiro atoms. The number of rotatable bonds is 8. The molecular weight excluding hydrogens is 392 g/mol. The van der Waals surface area contributed by atoms with Crippen LogP contribution in [0.5, 0.6) is 5.75 Å². The SMILES string of the molecule is CCOC(=O)c1cccc(OC[C@H](O)CN2CCN(C(=O)c3cccs3)CC2)c1. The Morgan fingerprint density at radius 2 is 1.97 bits per heavy atom. The summed E-state index contributed by atoms with van der Waals surface area (Å²) in [6.07, 6.45) is -0.666. The molecule has 0 aliphatic carbocycles. The Morgan fingerprint density at radius 3 is 2.66 bits per heavy atom. The van der Waals surface area contributed by atoms with E-state index in [2.05, 4.69) is 4.90 Å². The van der Waals surface area contributed by atoms with Crippen molar-refractivity contribution in [1.82, 2.24) is 9.80 Å². The van der Waals surface area contributed by atoms with Crippen molar-refractivity contribution in [3.05, 3.63) is 52.2 Å². The third kappa shape index (κ3) is 6.03. The molecule has 1 aromatic carbocycles. The smallest absolute Gasteiger partial charge is 0.338 e. The molecule has 1 aliphatic rings. The van der Waals surface area contributed by atoms with Crippen molar-refractivity contribution in [2.24, 2.45) is 0 Å². The van der Waals surface area contributed by atoms with Gasteiger partial charge in [0.15, 0.2) is 0 Å². The van der Waals surface area contributed by atoms with Gasteiger partial charge < -0.3 is 19.5 Å². The summed E-state index contributed by atoms with van der Waals surface area (Å²) in [5.74, 6) is 0.194. The predicted molar refractivity (Wildman–Crippen MR) is 111 cm³/mol. The Morgan fingerprint density at radius 1 is 1.17 bits per heavy atom. The van der Waals surface area contributed by atoms with Crippen molar-refractivity contribution in [3.63, 3.8) is 0 Å². The van der Waals surface area contributed by atoms with Gasteiger partial charge in [-0.2, -0.15) is 0 Å². The fourth-order valence-corrected chi connectivity index (χ4v) is 3.85. The quantitative estimate of drug-likeness (QED) is 0.662. The number of amides is 1. The number of thiophene rings is 1. The number of β-amino-alcohol motifs (C(OH)–C–C–N with tert-alkyl or cyclic N) is 1. The molecule has 2 aromatic rings. The third-order valence-electron chi connectivity index (χ3n) is 4.65. The van der Waals surface area contributed by atoms with Gasteiger partial charge in [-0.15, -0.1) is 11.3 Å². The van der Waals surface area contributed by atoms with Crippen molar-refractivity contribution >= 4 is 23.2 Å². The molecule has 0 unspecified atom stereocenters. The first kappa shape index (κ1) is 21.3. The van der Waals surface area contributed by atoms with Crippen LogP contribution in [0.15, 0.2) is 41.8 Å². The van der Waals surface area contributed by atoms with Crippen LogP contribution in [0.2, 0.25) is 0 Å². The molecule has 1 saturated heterocycles. The zero-order chi connectivity index (χ0) is 20.6. The lowest BCUT2D eigenvalue weighted by atomic mass is 10.2. The average Bonchev–Trinajstić information content (AvgIpc) is 3.28. The monoisotopic (exact) mass is 418 g/mol. The third-order valence-corrected chi connectivity index (χ3v) is 5.51. The van der Waals surface area contributed by atoms with Crippen molar-refractivity contribution < 1.29 is 24.2 Å². The fourth-order valence-electron chi connectivity index (χ4n) is 3.16. The molecule has 3 rings (SSSR count). The lowest BCUT2D eigenvalue weighted by Gasteiger charge is -2.35. The number of esters is 1. The number of aliphatic hydroxyl groups excluding tert-OH is 1. The number of hydrogen-bond donors (Lipinski definition) is 1. The second-order valence-electron chi connectivity index (χ2n) is 6.78. The molecule has 1 atom stereocenters. The van der Waals surface area contributed by atoms with E-state index < -0.39 is 12.1 Å². The Labute approximate surface area is 174 Å². The van der Waals surface area contributed by atoms with E-state index in [-0.39, 0.29) is 12.5 Å². The summed E-state index contributed by atoms with van der Waals surface area (Å²) in [5.41, 5.74) is 0.422. The summed E-state index contributed by atoms with van der Waals surface area (Å²) >= 11 is 1.46. The second-order valence-corrected chi connectivity index (χ2v) is 7.73. The van der Waals surface area contributed by atoms with Gasteiger partial charge in [-0.1, -0.05) is 12.1 Å². The molecule has 1 N–H and O–H groups in total. The number of aliphatic hydroxyl groups is 1. The Balaban J connectivity index is 1.41. The van der Waals surface area contributed by atoms with Gasteiger partial charge in [-0.25, -0.2) is 4.79 Å². The van der Waals surface area contributed by atoms with E-state index in [1.54, 1.807) is 31.2 Å². The van der Waals surface area contributed by atoms with Gasteiger partial charge in [-0.05, 0) is 36.6 Å². The van der Waals surface area contributed by atoms with Crippen molar-refractivity contribution in [3.8, 4) is 5.75 Å². The summed E-state index contributed by atoms with van der Waals surface area (Å²) in [7, 11) is 0. The van der Waals surface area contributed by atoms with Crippen molar-refractivity contribution in [2.45, 2.75) is 13.0 Å². The van der Waals surface area contributed by atoms with Crippen LogP contribution < -0.4 is 4.74 Å². The van der Waals surface area contributed by atoms with Gasteiger partial charge in [0, 0.05) is 32.7 Å². The van der Waals surface area contributed by atoms with E-state index in [9.17, 15) is 14.7 Å². The van der Waals surface area contributed by atoms with Gasteiger partial charge in [0.1, 0.15) is 18.5 Å². The van der Waals surface area contributed by atoms with E-state index in [0.717, 1.165) is 4.88 Å². The van der Waals surface area contributed by atoms with Crippen molar-refractivity contribution in [1.29, 1.82) is 0 Å². The number of ether oxygens (including phenoxy) is 2. The van der Waals surface area contributed by atoms with Crippen LogP contribution in [0.25, 0.3) is 0 Å². The van der Waals surface area contributed by atoms with Gasteiger partial charge in [0.2, 0.25) is 0 Å². The van der Waals surface area contributed by atoms with Crippen LogP contribution in [0.3, 0.4) is 0 Å². The van der Waals surface area contributed by atoms with Crippen LogP contribution in [0.4, 0.5) is 0 Å². The highest BCUT2D eigenvalue weighted by Crippen LogP contribution is 2.16. The number of benzene rings is 1. The first-order chi connectivity index (χ1) is 14.1. The van der Waals surface area contributed by atoms with Crippen LogP contribution in [-0.2, 0) is 4.74 Å². The Bertz CT molecular complexity index is 803. The first-order valence-electron chi connectivity index (χ1n) is 9.70. The minimum absolute atomic E-state index is 0.0741. The Hall–Kier alpha value is -2.42. The highest BCUT2D eigenvalue weighted by molar-refractivity contribution is 7.12. The van der Waals surface area contributed by atoms with Gasteiger partial charge in [0.25, 0.3) is 5.91 Å². The molecule has 1 fully saturated rings. The number of nitrogens with zero attached hydrogens (tertiary/aromatic N) is 2. The minimum Gasteiger partial charge on any atom is -0.491 e. The largest absolute Gasteiger partial charge is 0.491 e. The lowest BCUT2D eigenvalue weighted by Crippen LogP contribution is -2.50.